The first-order valence-electron chi connectivity index (χ1n) is 14.0. The highest BCUT2D eigenvalue weighted by molar-refractivity contribution is 7.80. The van der Waals surface area contributed by atoms with Crippen molar-refractivity contribution in [1.29, 1.82) is 0 Å². The zero-order valence-corrected chi connectivity index (χ0v) is 24.1. The number of fused-ring (bicyclic) bond motifs is 3. The Balaban J connectivity index is 1.15. The molecule has 0 atom stereocenters. The van der Waals surface area contributed by atoms with E-state index in [9.17, 15) is 0 Å². The van der Waals surface area contributed by atoms with Gasteiger partial charge >= 0.3 is 0 Å². The van der Waals surface area contributed by atoms with Crippen molar-refractivity contribution < 1.29 is 14.2 Å². The Morgan fingerprint density at radius 3 is 2.59 bits per heavy atom. The van der Waals surface area contributed by atoms with E-state index in [0.717, 1.165) is 110 Å². The van der Waals surface area contributed by atoms with Crippen LogP contribution in [0.2, 0.25) is 0 Å². The minimum absolute atomic E-state index is 0.615. The van der Waals surface area contributed by atoms with Crippen LogP contribution in [0, 0.1) is 0 Å². The standard InChI is InChI=1S/C29H36N8O3S/c1-38-24-17-22-23(18-25(24)40-14-2-7-35-12-15-39-16-13-35)34-27-26(22)28(32-19-31-27)36-8-10-37(11-9-36)29(41)33-21-5-3-20(30)4-6-21/h3-6,17-19H,2,7-16,30H2,1H3,(H,33,41)(H,31,32,34). The van der Waals surface area contributed by atoms with E-state index in [1.165, 1.54) is 0 Å². The van der Waals surface area contributed by atoms with Gasteiger partial charge in [0.15, 0.2) is 16.6 Å². The fraction of sp³-hybridized carbons (Fsp3) is 0.414. The van der Waals surface area contributed by atoms with Gasteiger partial charge in [-0.3, -0.25) is 4.90 Å². The first-order valence-corrected chi connectivity index (χ1v) is 14.4. The molecule has 2 aromatic heterocycles. The Kier molecular flexibility index (Phi) is 8.21. The van der Waals surface area contributed by atoms with E-state index in [1.54, 1.807) is 13.4 Å². The van der Waals surface area contributed by atoms with Gasteiger partial charge < -0.3 is 40.0 Å². The third-order valence-corrected chi connectivity index (χ3v) is 8.02. The van der Waals surface area contributed by atoms with Crippen molar-refractivity contribution in [3.63, 3.8) is 0 Å². The first kappa shape index (κ1) is 27.3. The summed E-state index contributed by atoms with van der Waals surface area (Å²) in [4.78, 5) is 19.6. The fourth-order valence-electron chi connectivity index (χ4n) is 5.41. The molecule has 2 aromatic carbocycles. The first-order chi connectivity index (χ1) is 20.1. The molecule has 4 aromatic rings. The Morgan fingerprint density at radius 2 is 1.83 bits per heavy atom. The van der Waals surface area contributed by atoms with E-state index in [1.807, 2.05) is 36.4 Å². The lowest BCUT2D eigenvalue weighted by Crippen LogP contribution is -2.50. The Bertz CT molecular complexity index is 1500. The number of benzene rings is 2. The minimum Gasteiger partial charge on any atom is -0.493 e. The van der Waals surface area contributed by atoms with Crippen LogP contribution in [-0.2, 0) is 4.74 Å². The highest BCUT2D eigenvalue weighted by Crippen LogP contribution is 2.38. The van der Waals surface area contributed by atoms with Crippen LogP contribution < -0.4 is 25.4 Å². The van der Waals surface area contributed by atoms with Crippen LogP contribution >= 0.6 is 12.2 Å². The van der Waals surface area contributed by atoms with Gasteiger partial charge in [0.05, 0.1) is 37.8 Å². The zero-order valence-electron chi connectivity index (χ0n) is 23.3. The summed E-state index contributed by atoms with van der Waals surface area (Å²) in [6.07, 6.45) is 2.56. The van der Waals surface area contributed by atoms with Crippen LogP contribution in [0.4, 0.5) is 17.2 Å². The number of nitrogens with one attached hydrogen (secondary N) is 2. The third-order valence-electron chi connectivity index (χ3n) is 7.66. The molecule has 12 heteroatoms. The molecule has 0 bridgehead atoms. The maximum Gasteiger partial charge on any atom is 0.173 e. The molecular formula is C29H36N8O3S. The molecule has 11 nitrogen and oxygen atoms in total. The Labute approximate surface area is 244 Å². The summed E-state index contributed by atoms with van der Waals surface area (Å²) in [6.45, 7) is 8.31. The molecule has 2 aliphatic rings. The van der Waals surface area contributed by atoms with Gasteiger partial charge in [0, 0.05) is 68.6 Å². The van der Waals surface area contributed by atoms with Gasteiger partial charge in [-0.25, -0.2) is 9.97 Å². The summed E-state index contributed by atoms with van der Waals surface area (Å²) < 4.78 is 17.4. The number of nitrogens with zero attached hydrogens (tertiary/aromatic N) is 5. The Hall–Kier alpha value is -3.87. The summed E-state index contributed by atoms with van der Waals surface area (Å²) in [7, 11) is 1.68. The molecule has 2 saturated heterocycles. The zero-order chi connectivity index (χ0) is 28.2. The number of aromatic nitrogens is 3. The van der Waals surface area contributed by atoms with E-state index < -0.39 is 0 Å². The van der Waals surface area contributed by atoms with Gasteiger partial charge in [-0.1, -0.05) is 0 Å². The second-order valence-electron chi connectivity index (χ2n) is 10.3. The second-order valence-corrected chi connectivity index (χ2v) is 10.7. The molecule has 4 N–H and O–H groups in total. The van der Waals surface area contributed by atoms with Crippen molar-refractivity contribution in [1.82, 2.24) is 24.8 Å². The lowest BCUT2D eigenvalue weighted by molar-refractivity contribution is 0.0357. The predicted octanol–water partition coefficient (Wildman–Crippen LogP) is 3.32. The van der Waals surface area contributed by atoms with E-state index in [-0.39, 0.29) is 0 Å². The average Bonchev–Trinajstić information content (AvgIpc) is 3.38. The van der Waals surface area contributed by atoms with Gasteiger partial charge in [0.1, 0.15) is 17.8 Å². The lowest BCUT2D eigenvalue weighted by Gasteiger charge is -2.37. The molecule has 0 amide bonds. The van der Waals surface area contributed by atoms with Gasteiger partial charge in [0.2, 0.25) is 0 Å². The molecule has 4 heterocycles. The van der Waals surface area contributed by atoms with E-state index in [2.05, 4.69) is 30.0 Å². The molecule has 2 fully saturated rings. The SMILES string of the molecule is COc1cc2c(cc1OCCCN1CCOCC1)[nH]c1ncnc(N3CCN(C(=S)Nc4ccc(N)cc4)CC3)c12. The van der Waals surface area contributed by atoms with Crippen molar-refractivity contribution in [3.05, 3.63) is 42.7 Å². The summed E-state index contributed by atoms with van der Waals surface area (Å²) in [5.74, 6) is 2.32. The van der Waals surface area contributed by atoms with Crippen molar-refractivity contribution in [2.24, 2.45) is 0 Å². The van der Waals surface area contributed by atoms with Gasteiger partial charge in [0.25, 0.3) is 0 Å². The number of morpholine rings is 1. The molecule has 2 aliphatic heterocycles. The minimum atomic E-state index is 0.615. The molecule has 0 unspecified atom stereocenters. The third kappa shape index (κ3) is 6.09. The Morgan fingerprint density at radius 1 is 1.05 bits per heavy atom. The highest BCUT2D eigenvalue weighted by atomic mass is 32.1. The van der Waals surface area contributed by atoms with Gasteiger partial charge in [-0.05, 0) is 49.0 Å². The smallest absolute Gasteiger partial charge is 0.173 e. The second kappa shape index (κ2) is 12.3. The predicted molar refractivity (Wildman–Crippen MR) is 166 cm³/mol. The van der Waals surface area contributed by atoms with Crippen LogP contribution in [0.15, 0.2) is 42.7 Å². The average molecular weight is 577 g/mol. The molecule has 0 saturated carbocycles. The maximum atomic E-state index is 6.17. The van der Waals surface area contributed by atoms with Gasteiger partial charge in [-0.15, -0.1) is 0 Å². The topological polar surface area (TPSA) is 117 Å². The number of rotatable bonds is 8. The van der Waals surface area contributed by atoms with Crippen molar-refractivity contribution in [2.45, 2.75) is 6.42 Å². The van der Waals surface area contributed by atoms with Crippen LogP contribution in [0.25, 0.3) is 21.9 Å². The largest absolute Gasteiger partial charge is 0.493 e. The summed E-state index contributed by atoms with van der Waals surface area (Å²) in [5, 5.41) is 6.01. The summed E-state index contributed by atoms with van der Waals surface area (Å²) in [5.41, 5.74) is 9.19. The van der Waals surface area contributed by atoms with Crippen molar-refractivity contribution in [2.75, 3.05) is 88.7 Å². The van der Waals surface area contributed by atoms with E-state index in [0.29, 0.717) is 17.5 Å². The monoisotopic (exact) mass is 576 g/mol. The molecule has 0 radical (unpaired) electrons. The molecule has 6 rings (SSSR count). The highest BCUT2D eigenvalue weighted by Gasteiger charge is 2.24. The normalized spacial score (nSPS) is 16.3. The van der Waals surface area contributed by atoms with Crippen LogP contribution in [0.1, 0.15) is 6.42 Å². The fourth-order valence-corrected chi connectivity index (χ4v) is 5.71. The number of ether oxygens (including phenoxy) is 3. The van der Waals surface area contributed by atoms with E-state index in [4.69, 9.17) is 37.1 Å². The number of methoxy groups -OCH3 is 1. The maximum absolute atomic E-state index is 6.17. The summed E-state index contributed by atoms with van der Waals surface area (Å²) >= 11 is 5.68. The van der Waals surface area contributed by atoms with Crippen molar-refractivity contribution in [3.8, 4) is 11.5 Å². The molecule has 0 aliphatic carbocycles. The number of thiocarbonyl (C=S) groups is 1. The molecule has 216 valence electrons. The number of H-pyrrole nitrogens is 1. The van der Waals surface area contributed by atoms with Crippen LogP contribution in [0.5, 0.6) is 11.5 Å². The quantitative estimate of drug-likeness (QED) is 0.163. The number of hydrogen-bond donors (Lipinski definition) is 3. The summed E-state index contributed by atoms with van der Waals surface area (Å²) in [6, 6.07) is 11.6. The number of piperazine rings is 1. The van der Waals surface area contributed by atoms with Crippen molar-refractivity contribution >= 4 is 56.5 Å². The van der Waals surface area contributed by atoms with Gasteiger partial charge in [-0.2, -0.15) is 0 Å². The number of hydrogen-bond acceptors (Lipinski definition) is 9. The lowest BCUT2D eigenvalue weighted by atomic mass is 10.1. The number of aromatic amines is 1. The van der Waals surface area contributed by atoms with Crippen LogP contribution in [0.3, 0.4) is 0 Å². The number of nitrogen functional groups attached to an aromatic ring is 1. The number of anilines is 3. The van der Waals surface area contributed by atoms with Crippen LogP contribution in [-0.4, -0.2) is 103 Å². The molecule has 41 heavy (non-hydrogen) atoms. The van der Waals surface area contributed by atoms with E-state index >= 15 is 0 Å². The molecule has 0 spiro atoms. The molecular weight excluding hydrogens is 540 g/mol. The number of nitrogens with two attached hydrogens (primary N) is 1.